The van der Waals surface area contributed by atoms with Crippen LogP contribution in [0.15, 0.2) is 41.8 Å². The minimum Gasteiger partial charge on any atom is -0.480 e. The van der Waals surface area contributed by atoms with Crippen LogP contribution in [-0.4, -0.2) is 33.7 Å². The fraction of sp³-hybridized carbons (Fsp3) is 0.200. The molecule has 2 heterocycles. The lowest BCUT2D eigenvalue weighted by atomic mass is 10.1. The number of amides is 1. The molecule has 1 aliphatic heterocycles. The lowest BCUT2D eigenvalue weighted by molar-refractivity contribution is -0.141. The molecule has 1 N–H and O–H groups in total. The number of aliphatic carboxylic acids is 1. The summed E-state index contributed by atoms with van der Waals surface area (Å²) in [5, 5.41) is 11.5. The molecule has 0 radical (unpaired) electrons. The van der Waals surface area contributed by atoms with Gasteiger partial charge in [-0.2, -0.15) is 0 Å². The van der Waals surface area contributed by atoms with Crippen LogP contribution in [0.3, 0.4) is 0 Å². The van der Waals surface area contributed by atoms with Gasteiger partial charge < -0.3 is 10.0 Å². The predicted octanol–water partition coefficient (Wildman–Crippen LogP) is 3.74. The van der Waals surface area contributed by atoms with Gasteiger partial charge in [-0.15, -0.1) is 23.1 Å². The zero-order valence-electron chi connectivity index (χ0n) is 11.3. The molecular formula is C15H12ClNO3S2. The molecular weight excluding hydrogens is 342 g/mol. The quantitative estimate of drug-likeness (QED) is 0.913. The molecule has 1 fully saturated rings. The average molecular weight is 354 g/mol. The Hall–Kier alpha value is -1.50. The highest BCUT2D eigenvalue weighted by Crippen LogP contribution is 2.43. The van der Waals surface area contributed by atoms with Gasteiger partial charge >= 0.3 is 5.97 Å². The Labute approximate surface area is 140 Å². The zero-order valence-corrected chi connectivity index (χ0v) is 13.7. The van der Waals surface area contributed by atoms with E-state index in [1.54, 1.807) is 24.3 Å². The van der Waals surface area contributed by atoms with Crippen molar-refractivity contribution in [3.05, 3.63) is 57.2 Å². The number of carboxylic acids is 1. The summed E-state index contributed by atoms with van der Waals surface area (Å²) in [7, 11) is 0. The monoisotopic (exact) mass is 353 g/mol. The van der Waals surface area contributed by atoms with Crippen LogP contribution in [0, 0.1) is 0 Å². The van der Waals surface area contributed by atoms with Gasteiger partial charge in [-0.3, -0.25) is 4.79 Å². The fourth-order valence-electron chi connectivity index (χ4n) is 2.37. The minimum atomic E-state index is -0.984. The molecule has 2 unspecified atom stereocenters. The lowest BCUT2D eigenvalue weighted by Crippen LogP contribution is -2.42. The molecule has 114 valence electrons. The summed E-state index contributed by atoms with van der Waals surface area (Å²) < 4.78 is 0. The number of thioether (sulfide) groups is 1. The Morgan fingerprint density at radius 1 is 1.27 bits per heavy atom. The largest absolute Gasteiger partial charge is 0.480 e. The fourth-order valence-corrected chi connectivity index (χ4v) is 4.94. The lowest BCUT2D eigenvalue weighted by Gasteiger charge is -2.26. The van der Waals surface area contributed by atoms with Gasteiger partial charge in [0.15, 0.2) is 0 Å². The third-order valence-electron chi connectivity index (χ3n) is 3.38. The Kier molecular flexibility index (Phi) is 4.42. The molecule has 1 amide bonds. The first-order valence-corrected chi connectivity index (χ1v) is 8.84. The number of rotatable bonds is 3. The molecule has 22 heavy (non-hydrogen) atoms. The number of benzene rings is 1. The van der Waals surface area contributed by atoms with Crippen molar-refractivity contribution < 1.29 is 14.7 Å². The molecule has 0 saturated carbocycles. The normalized spacial score (nSPS) is 21.0. The summed E-state index contributed by atoms with van der Waals surface area (Å²) >= 11 is 8.93. The van der Waals surface area contributed by atoms with Crippen LogP contribution in [-0.2, 0) is 4.79 Å². The number of hydrogen-bond acceptors (Lipinski definition) is 4. The van der Waals surface area contributed by atoms with Gasteiger partial charge in [-0.1, -0.05) is 23.7 Å². The summed E-state index contributed by atoms with van der Waals surface area (Å²) in [6.07, 6.45) is 0. The van der Waals surface area contributed by atoms with Crippen molar-refractivity contribution in [2.45, 2.75) is 11.4 Å². The van der Waals surface area contributed by atoms with E-state index in [9.17, 15) is 14.7 Å². The molecule has 0 spiro atoms. The number of carbonyl (C=O) groups excluding carboxylic acids is 1. The van der Waals surface area contributed by atoms with E-state index in [-0.39, 0.29) is 11.3 Å². The summed E-state index contributed by atoms with van der Waals surface area (Å²) in [6, 6.07) is 9.58. The van der Waals surface area contributed by atoms with Crippen LogP contribution < -0.4 is 0 Å². The summed E-state index contributed by atoms with van der Waals surface area (Å²) in [5.74, 6) is -0.912. The van der Waals surface area contributed by atoms with Crippen LogP contribution in [0.1, 0.15) is 20.6 Å². The van der Waals surface area contributed by atoms with E-state index in [1.165, 1.54) is 28.0 Å². The molecule has 1 aromatic carbocycles. The standard InChI is InChI=1S/C15H12ClNO3S2/c16-10-4-1-3-9(7-10)13(18)17-11(15(19)20)8-22-14(17)12-5-2-6-21-12/h1-7,11,14H,8H2,(H,19,20). The van der Waals surface area contributed by atoms with Gasteiger partial charge in [-0.25, -0.2) is 4.79 Å². The highest BCUT2D eigenvalue weighted by molar-refractivity contribution is 7.99. The highest BCUT2D eigenvalue weighted by atomic mass is 35.5. The maximum absolute atomic E-state index is 12.8. The van der Waals surface area contributed by atoms with Gasteiger partial charge in [0.05, 0.1) is 0 Å². The summed E-state index contributed by atoms with van der Waals surface area (Å²) in [4.78, 5) is 26.7. The van der Waals surface area contributed by atoms with Crippen LogP contribution in [0.2, 0.25) is 5.02 Å². The maximum atomic E-state index is 12.8. The number of carbonyl (C=O) groups is 2. The van der Waals surface area contributed by atoms with Crippen molar-refractivity contribution in [3.8, 4) is 0 Å². The molecule has 0 aliphatic carbocycles. The molecule has 0 bridgehead atoms. The highest BCUT2D eigenvalue weighted by Gasteiger charge is 2.43. The first-order valence-electron chi connectivity index (χ1n) is 6.54. The number of nitrogens with zero attached hydrogens (tertiary/aromatic N) is 1. The molecule has 3 rings (SSSR count). The van der Waals surface area contributed by atoms with Crippen molar-refractivity contribution in [1.29, 1.82) is 0 Å². The van der Waals surface area contributed by atoms with E-state index in [4.69, 9.17) is 11.6 Å². The van der Waals surface area contributed by atoms with Crippen LogP contribution >= 0.6 is 34.7 Å². The van der Waals surface area contributed by atoms with E-state index in [0.717, 1.165) is 4.88 Å². The number of carboxylic acid groups (broad SMARTS) is 1. The van der Waals surface area contributed by atoms with E-state index in [0.29, 0.717) is 16.3 Å². The van der Waals surface area contributed by atoms with Crippen LogP contribution in [0.25, 0.3) is 0 Å². The molecule has 7 heteroatoms. The number of thiophene rings is 1. The van der Waals surface area contributed by atoms with Gasteiger partial charge in [0.25, 0.3) is 5.91 Å². The van der Waals surface area contributed by atoms with Gasteiger partial charge in [-0.05, 0) is 29.6 Å². The van der Waals surface area contributed by atoms with Crippen LogP contribution in [0.5, 0.6) is 0 Å². The van der Waals surface area contributed by atoms with Crippen molar-refractivity contribution in [2.24, 2.45) is 0 Å². The van der Waals surface area contributed by atoms with E-state index in [1.807, 2.05) is 17.5 Å². The predicted molar refractivity (Wildman–Crippen MR) is 88.6 cm³/mol. The van der Waals surface area contributed by atoms with Crippen LogP contribution in [0.4, 0.5) is 0 Å². The van der Waals surface area contributed by atoms with Crippen molar-refractivity contribution >= 4 is 46.6 Å². The number of halogens is 1. The molecule has 2 aromatic rings. The minimum absolute atomic E-state index is 0.271. The van der Waals surface area contributed by atoms with Crippen molar-refractivity contribution in [2.75, 3.05) is 5.75 Å². The smallest absolute Gasteiger partial charge is 0.327 e. The van der Waals surface area contributed by atoms with Crippen molar-refractivity contribution in [1.82, 2.24) is 4.90 Å². The van der Waals surface area contributed by atoms with Gasteiger partial charge in [0, 0.05) is 21.2 Å². The van der Waals surface area contributed by atoms with E-state index >= 15 is 0 Å². The second-order valence-corrected chi connectivity index (χ2v) is 7.31. The summed E-state index contributed by atoms with van der Waals surface area (Å²) in [6.45, 7) is 0. The molecule has 1 saturated heterocycles. The third-order valence-corrected chi connectivity index (χ3v) is 5.99. The maximum Gasteiger partial charge on any atom is 0.327 e. The first kappa shape index (κ1) is 15.4. The Bertz CT molecular complexity index is 705. The molecule has 1 aliphatic rings. The Morgan fingerprint density at radius 3 is 2.73 bits per heavy atom. The SMILES string of the molecule is O=C(O)C1CSC(c2cccs2)N1C(=O)c1cccc(Cl)c1. The van der Waals surface area contributed by atoms with E-state index in [2.05, 4.69) is 0 Å². The van der Waals surface area contributed by atoms with Crippen molar-refractivity contribution in [3.63, 3.8) is 0 Å². The second-order valence-electron chi connectivity index (χ2n) is 4.78. The van der Waals surface area contributed by atoms with Gasteiger partial charge in [0.1, 0.15) is 11.4 Å². The summed E-state index contributed by atoms with van der Waals surface area (Å²) in [5.41, 5.74) is 0.405. The zero-order chi connectivity index (χ0) is 15.7. The molecule has 1 aromatic heterocycles. The van der Waals surface area contributed by atoms with E-state index < -0.39 is 12.0 Å². The number of hydrogen-bond donors (Lipinski definition) is 1. The Balaban J connectivity index is 1.98. The molecule has 2 atom stereocenters. The Morgan fingerprint density at radius 2 is 2.09 bits per heavy atom. The third kappa shape index (κ3) is 2.86. The topological polar surface area (TPSA) is 57.6 Å². The first-order chi connectivity index (χ1) is 10.6. The second kappa shape index (κ2) is 6.32. The average Bonchev–Trinajstić information content (AvgIpc) is 3.15. The van der Waals surface area contributed by atoms with Gasteiger partial charge in [0.2, 0.25) is 0 Å². The molecule has 4 nitrogen and oxygen atoms in total.